The van der Waals surface area contributed by atoms with Gasteiger partial charge in [0.1, 0.15) is 11.5 Å². The van der Waals surface area contributed by atoms with Gasteiger partial charge in [0.15, 0.2) is 0 Å². The predicted octanol–water partition coefficient (Wildman–Crippen LogP) is 5.79. The highest BCUT2D eigenvalue weighted by Crippen LogP contribution is 2.28. The van der Waals surface area contributed by atoms with E-state index in [-0.39, 0.29) is 0 Å². The van der Waals surface area contributed by atoms with Gasteiger partial charge in [0.05, 0.1) is 6.10 Å². The molecule has 0 aliphatic carbocycles. The molecule has 0 heterocycles. The summed E-state index contributed by atoms with van der Waals surface area (Å²) in [4.78, 5) is 0. The molecule has 3 aromatic rings. The lowest BCUT2D eigenvalue weighted by Gasteiger charge is -2.13. The SMILES string of the molecule is CC=Cc1ccccc1Oc1ccc(C(O)Cc2ccccc2)cc1. The molecule has 25 heavy (non-hydrogen) atoms. The maximum absolute atomic E-state index is 10.4. The molecule has 0 aliphatic heterocycles. The Labute approximate surface area is 149 Å². The molecule has 2 heteroatoms. The maximum atomic E-state index is 10.4. The van der Waals surface area contributed by atoms with Crippen LogP contribution < -0.4 is 4.74 Å². The number of aliphatic hydroxyl groups is 1. The molecule has 0 saturated heterocycles. The molecule has 0 spiro atoms. The van der Waals surface area contributed by atoms with Gasteiger partial charge in [-0.15, -0.1) is 0 Å². The number of ether oxygens (including phenoxy) is 1. The van der Waals surface area contributed by atoms with Crippen LogP contribution in [0, 0.1) is 0 Å². The number of benzene rings is 3. The van der Waals surface area contributed by atoms with Gasteiger partial charge in [0.25, 0.3) is 0 Å². The van der Waals surface area contributed by atoms with Crippen LogP contribution in [0.15, 0.2) is 84.9 Å². The smallest absolute Gasteiger partial charge is 0.134 e. The summed E-state index contributed by atoms with van der Waals surface area (Å²) in [7, 11) is 0. The normalized spacial score (nSPS) is 12.2. The van der Waals surface area contributed by atoms with Gasteiger partial charge in [0, 0.05) is 12.0 Å². The molecular formula is C23H22O2. The van der Waals surface area contributed by atoms with Crippen LogP contribution in [0.2, 0.25) is 0 Å². The van der Waals surface area contributed by atoms with Crippen LogP contribution in [-0.2, 0) is 6.42 Å². The van der Waals surface area contributed by atoms with Gasteiger partial charge in [-0.3, -0.25) is 0 Å². The van der Waals surface area contributed by atoms with Crippen molar-refractivity contribution >= 4 is 6.08 Å². The van der Waals surface area contributed by atoms with Crippen molar-refractivity contribution in [2.45, 2.75) is 19.4 Å². The highest BCUT2D eigenvalue weighted by Gasteiger charge is 2.09. The predicted molar refractivity (Wildman–Crippen MR) is 103 cm³/mol. The van der Waals surface area contributed by atoms with Crippen LogP contribution in [0.25, 0.3) is 6.08 Å². The summed E-state index contributed by atoms with van der Waals surface area (Å²) in [6, 6.07) is 25.6. The van der Waals surface area contributed by atoms with Crippen LogP contribution in [0.1, 0.15) is 29.7 Å². The fourth-order valence-electron chi connectivity index (χ4n) is 2.73. The third-order valence-corrected chi connectivity index (χ3v) is 4.03. The zero-order valence-electron chi connectivity index (χ0n) is 14.3. The lowest BCUT2D eigenvalue weighted by Crippen LogP contribution is -2.01. The quantitative estimate of drug-likeness (QED) is 0.620. The Balaban J connectivity index is 1.70. The molecule has 0 radical (unpaired) electrons. The Morgan fingerprint density at radius 3 is 2.28 bits per heavy atom. The van der Waals surface area contributed by atoms with E-state index in [0.29, 0.717) is 6.42 Å². The van der Waals surface area contributed by atoms with Crippen molar-refractivity contribution in [2.24, 2.45) is 0 Å². The number of aliphatic hydroxyl groups excluding tert-OH is 1. The second-order valence-electron chi connectivity index (χ2n) is 5.91. The van der Waals surface area contributed by atoms with Crippen molar-refractivity contribution in [1.29, 1.82) is 0 Å². The Kier molecular flexibility index (Phi) is 5.65. The first-order chi connectivity index (χ1) is 12.3. The largest absolute Gasteiger partial charge is 0.457 e. The van der Waals surface area contributed by atoms with Crippen molar-refractivity contribution in [1.82, 2.24) is 0 Å². The second kappa shape index (κ2) is 8.32. The molecule has 0 bridgehead atoms. The first-order valence-corrected chi connectivity index (χ1v) is 8.48. The summed E-state index contributed by atoms with van der Waals surface area (Å²) in [5, 5.41) is 10.4. The van der Waals surface area contributed by atoms with Gasteiger partial charge < -0.3 is 9.84 Å². The number of hydrogen-bond donors (Lipinski definition) is 1. The fourth-order valence-corrected chi connectivity index (χ4v) is 2.73. The number of hydrogen-bond acceptors (Lipinski definition) is 2. The Morgan fingerprint density at radius 1 is 0.880 bits per heavy atom. The number of allylic oxidation sites excluding steroid dienone is 1. The van der Waals surface area contributed by atoms with E-state index < -0.39 is 6.10 Å². The van der Waals surface area contributed by atoms with Crippen LogP contribution in [-0.4, -0.2) is 5.11 Å². The van der Waals surface area contributed by atoms with Crippen molar-refractivity contribution in [3.63, 3.8) is 0 Å². The Hall–Kier alpha value is -2.84. The summed E-state index contributed by atoms with van der Waals surface area (Å²) >= 11 is 0. The van der Waals surface area contributed by atoms with Crippen LogP contribution in [0.3, 0.4) is 0 Å². The molecule has 3 rings (SSSR count). The van der Waals surface area contributed by atoms with E-state index in [1.807, 2.05) is 97.9 Å². The molecule has 1 atom stereocenters. The Morgan fingerprint density at radius 2 is 1.56 bits per heavy atom. The lowest BCUT2D eigenvalue weighted by molar-refractivity contribution is 0.178. The van der Waals surface area contributed by atoms with E-state index in [1.54, 1.807) is 0 Å². The van der Waals surface area contributed by atoms with Crippen LogP contribution in [0.5, 0.6) is 11.5 Å². The molecule has 0 saturated carbocycles. The number of para-hydroxylation sites is 1. The average Bonchev–Trinajstić information content (AvgIpc) is 2.65. The third-order valence-electron chi connectivity index (χ3n) is 4.03. The molecule has 2 nitrogen and oxygen atoms in total. The van der Waals surface area contributed by atoms with E-state index in [0.717, 1.165) is 28.2 Å². The summed E-state index contributed by atoms with van der Waals surface area (Å²) in [6.07, 6.45) is 4.09. The summed E-state index contributed by atoms with van der Waals surface area (Å²) in [5.41, 5.74) is 3.05. The average molecular weight is 330 g/mol. The standard InChI is InChI=1S/C23H22O2/c1-2-8-20-11-6-7-12-23(20)25-21-15-13-19(14-16-21)22(24)17-18-9-4-3-5-10-18/h2-16,22,24H,17H2,1H3. The summed E-state index contributed by atoms with van der Waals surface area (Å²) in [5.74, 6) is 1.57. The number of rotatable bonds is 6. The third kappa shape index (κ3) is 4.59. The molecule has 1 unspecified atom stereocenters. The highest BCUT2D eigenvalue weighted by molar-refractivity contribution is 5.57. The van der Waals surface area contributed by atoms with Gasteiger partial charge in [-0.2, -0.15) is 0 Å². The van der Waals surface area contributed by atoms with Gasteiger partial charge in [-0.05, 0) is 36.2 Å². The zero-order valence-corrected chi connectivity index (χ0v) is 14.3. The van der Waals surface area contributed by atoms with Gasteiger partial charge in [-0.25, -0.2) is 0 Å². The van der Waals surface area contributed by atoms with Gasteiger partial charge in [-0.1, -0.05) is 72.8 Å². The minimum Gasteiger partial charge on any atom is -0.457 e. The van der Waals surface area contributed by atoms with E-state index >= 15 is 0 Å². The first-order valence-electron chi connectivity index (χ1n) is 8.48. The van der Waals surface area contributed by atoms with Crippen LogP contribution >= 0.6 is 0 Å². The van der Waals surface area contributed by atoms with E-state index in [4.69, 9.17) is 4.74 Å². The monoisotopic (exact) mass is 330 g/mol. The van der Waals surface area contributed by atoms with E-state index in [1.165, 1.54) is 0 Å². The molecule has 1 N–H and O–H groups in total. The second-order valence-corrected chi connectivity index (χ2v) is 5.91. The maximum Gasteiger partial charge on any atom is 0.134 e. The minimum atomic E-state index is -0.522. The van der Waals surface area contributed by atoms with E-state index in [9.17, 15) is 5.11 Å². The lowest BCUT2D eigenvalue weighted by atomic mass is 10.0. The topological polar surface area (TPSA) is 29.5 Å². The minimum absolute atomic E-state index is 0.522. The van der Waals surface area contributed by atoms with Gasteiger partial charge in [0.2, 0.25) is 0 Å². The Bertz CT molecular complexity index is 820. The van der Waals surface area contributed by atoms with Gasteiger partial charge >= 0.3 is 0 Å². The van der Waals surface area contributed by atoms with Crippen molar-refractivity contribution in [3.05, 3.63) is 102 Å². The molecule has 126 valence electrons. The fraction of sp³-hybridized carbons (Fsp3) is 0.130. The molecule has 0 aromatic heterocycles. The summed E-state index contributed by atoms with van der Waals surface area (Å²) < 4.78 is 5.98. The summed E-state index contributed by atoms with van der Waals surface area (Å²) in [6.45, 7) is 1.99. The first kappa shape index (κ1) is 17.0. The van der Waals surface area contributed by atoms with Crippen molar-refractivity contribution < 1.29 is 9.84 Å². The molecule has 3 aromatic carbocycles. The zero-order chi connectivity index (χ0) is 17.5. The van der Waals surface area contributed by atoms with E-state index in [2.05, 4.69) is 0 Å². The van der Waals surface area contributed by atoms with Crippen molar-refractivity contribution in [3.8, 4) is 11.5 Å². The van der Waals surface area contributed by atoms with Crippen LogP contribution in [0.4, 0.5) is 0 Å². The molecular weight excluding hydrogens is 308 g/mol. The van der Waals surface area contributed by atoms with Crippen molar-refractivity contribution in [2.75, 3.05) is 0 Å². The highest BCUT2D eigenvalue weighted by atomic mass is 16.5. The molecule has 0 fully saturated rings. The molecule has 0 amide bonds. The molecule has 0 aliphatic rings.